The average Bonchev–Trinajstić information content (AvgIpc) is 2.39. The molecule has 4 nitrogen and oxygen atoms in total. The zero-order valence-corrected chi connectivity index (χ0v) is 12.1. The van der Waals surface area contributed by atoms with E-state index in [1.54, 1.807) is 0 Å². The molecule has 1 heterocycles. The molecule has 0 bridgehead atoms. The van der Waals surface area contributed by atoms with Gasteiger partial charge in [0, 0.05) is 36.9 Å². The first-order chi connectivity index (χ1) is 9.06. The van der Waals surface area contributed by atoms with E-state index in [-0.39, 0.29) is 17.3 Å². The van der Waals surface area contributed by atoms with Gasteiger partial charge in [-0.2, -0.15) is 0 Å². The van der Waals surface area contributed by atoms with Crippen LogP contribution in [0.15, 0.2) is 24.3 Å². The molecule has 0 atom stereocenters. The quantitative estimate of drug-likeness (QED) is 0.862. The van der Waals surface area contributed by atoms with Crippen molar-refractivity contribution in [3.8, 4) is 0 Å². The molecule has 0 saturated carbocycles. The number of rotatable bonds is 3. The number of nitrogens with zero attached hydrogens (tertiary/aromatic N) is 2. The number of carbonyl (C=O) groups is 1. The van der Waals surface area contributed by atoms with Crippen molar-refractivity contribution < 1.29 is 4.79 Å². The van der Waals surface area contributed by atoms with Gasteiger partial charge in [-0.3, -0.25) is 4.79 Å². The molecule has 2 rings (SSSR count). The van der Waals surface area contributed by atoms with Crippen molar-refractivity contribution in [2.45, 2.75) is 6.42 Å². The number of benzene rings is 1. The summed E-state index contributed by atoms with van der Waals surface area (Å²) in [6.07, 6.45) is 0.163. The van der Waals surface area contributed by atoms with Crippen molar-refractivity contribution in [1.29, 1.82) is 0 Å². The number of piperazine rings is 1. The fourth-order valence-electron chi connectivity index (χ4n) is 2.13. The number of carbonyl (C=O) groups excluding carboxylic acids is 1. The number of nitrogens with two attached hydrogens (primary N) is 1. The zero-order chi connectivity index (χ0) is 13.8. The Hall–Kier alpha value is -1.33. The molecule has 2 N–H and O–H groups in total. The minimum Gasteiger partial charge on any atom is -0.393 e. The van der Waals surface area contributed by atoms with Crippen molar-refractivity contribution in [3.05, 3.63) is 29.3 Å². The summed E-state index contributed by atoms with van der Waals surface area (Å²) < 4.78 is 0. The lowest BCUT2D eigenvalue weighted by Crippen LogP contribution is -2.49. The van der Waals surface area contributed by atoms with Crippen LogP contribution in [0.3, 0.4) is 0 Å². The highest BCUT2D eigenvalue weighted by atomic mass is 35.5. The van der Waals surface area contributed by atoms with Gasteiger partial charge in [0.2, 0.25) is 5.91 Å². The van der Waals surface area contributed by atoms with Gasteiger partial charge in [0.15, 0.2) is 0 Å². The molecule has 102 valence electrons. The van der Waals surface area contributed by atoms with Crippen LogP contribution in [0.4, 0.5) is 5.69 Å². The molecule has 1 aliphatic rings. The lowest BCUT2D eigenvalue weighted by atomic mass is 10.2. The lowest BCUT2D eigenvalue weighted by molar-refractivity contribution is -0.130. The molecule has 0 aliphatic carbocycles. The molecule has 1 aliphatic heterocycles. The van der Waals surface area contributed by atoms with Gasteiger partial charge < -0.3 is 15.5 Å². The highest BCUT2D eigenvalue weighted by Crippen LogP contribution is 2.19. The highest BCUT2D eigenvalue weighted by Gasteiger charge is 2.21. The van der Waals surface area contributed by atoms with Crippen molar-refractivity contribution >= 4 is 40.4 Å². The molecule has 0 spiro atoms. The second-order valence-electron chi connectivity index (χ2n) is 4.49. The highest BCUT2D eigenvalue weighted by molar-refractivity contribution is 7.80. The monoisotopic (exact) mass is 297 g/mol. The van der Waals surface area contributed by atoms with Crippen LogP contribution in [0.5, 0.6) is 0 Å². The predicted octanol–water partition coefficient (Wildman–Crippen LogP) is 1.66. The van der Waals surface area contributed by atoms with Gasteiger partial charge >= 0.3 is 0 Å². The zero-order valence-electron chi connectivity index (χ0n) is 10.5. The Morgan fingerprint density at radius 1 is 1.21 bits per heavy atom. The number of halogens is 1. The summed E-state index contributed by atoms with van der Waals surface area (Å²) in [5.74, 6) is 0.0169. The van der Waals surface area contributed by atoms with Crippen LogP contribution in [0.1, 0.15) is 6.42 Å². The molecule has 1 aromatic rings. The molecule has 19 heavy (non-hydrogen) atoms. The van der Waals surface area contributed by atoms with E-state index in [1.807, 2.05) is 29.2 Å². The lowest BCUT2D eigenvalue weighted by Gasteiger charge is -2.36. The Bertz CT molecular complexity index is 469. The van der Waals surface area contributed by atoms with E-state index in [0.29, 0.717) is 13.1 Å². The minimum atomic E-state index is 0.0169. The Morgan fingerprint density at radius 3 is 2.32 bits per heavy atom. The van der Waals surface area contributed by atoms with Crippen LogP contribution in [-0.4, -0.2) is 42.0 Å². The van der Waals surface area contributed by atoms with E-state index in [1.165, 1.54) is 0 Å². The molecule has 0 radical (unpaired) electrons. The summed E-state index contributed by atoms with van der Waals surface area (Å²) in [5.41, 5.74) is 6.52. The van der Waals surface area contributed by atoms with E-state index in [2.05, 4.69) is 4.90 Å². The summed E-state index contributed by atoms with van der Waals surface area (Å²) in [6.45, 7) is 3.02. The van der Waals surface area contributed by atoms with E-state index in [9.17, 15) is 4.79 Å². The molecule has 0 unspecified atom stereocenters. The van der Waals surface area contributed by atoms with Crippen molar-refractivity contribution in [3.63, 3.8) is 0 Å². The molecule has 1 fully saturated rings. The Kier molecular flexibility index (Phi) is 4.61. The summed E-state index contributed by atoms with van der Waals surface area (Å²) in [4.78, 5) is 16.1. The second kappa shape index (κ2) is 6.21. The first kappa shape index (κ1) is 14.1. The van der Waals surface area contributed by atoms with Crippen molar-refractivity contribution in [1.82, 2.24) is 4.90 Å². The summed E-state index contributed by atoms with van der Waals surface area (Å²) in [6, 6.07) is 7.74. The van der Waals surface area contributed by atoms with Gasteiger partial charge in [0.1, 0.15) is 0 Å². The summed E-state index contributed by atoms with van der Waals surface area (Å²) in [5, 5.41) is 0.731. The third-order valence-corrected chi connectivity index (χ3v) is 3.55. The van der Waals surface area contributed by atoms with E-state index in [0.717, 1.165) is 23.8 Å². The van der Waals surface area contributed by atoms with Gasteiger partial charge in [-0.25, -0.2) is 0 Å². The largest absolute Gasteiger partial charge is 0.393 e. The van der Waals surface area contributed by atoms with Crippen LogP contribution < -0.4 is 10.6 Å². The molecule has 1 amide bonds. The second-order valence-corrected chi connectivity index (χ2v) is 5.45. The van der Waals surface area contributed by atoms with Crippen LogP contribution in [-0.2, 0) is 4.79 Å². The molecular formula is C13H16ClN3OS. The number of anilines is 1. The topological polar surface area (TPSA) is 49.6 Å². The van der Waals surface area contributed by atoms with Gasteiger partial charge in [0.05, 0.1) is 11.4 Å². The number of hydrogen-bond acceptors (Lipinski definition) is 3. The number of amides is 1. The Balaban J connectivity index is 1.90. The fourth-order valence-corrected chi connectivity index (χ4v) is 2.38. The molecular weight excluding hydrogens is 282 g/mol. The van der Waals surface area contributed by atoms with Crippen LogP contribution in [0.25, 0.3) is 0 Å². The van der Waals surface area contributed by atoms with E-state index >= 15 is 0 Å². The van der Waals surface area contributed by atoms with Crippen LogP contribution in [0.2, 0.25) is 5.02 Å². The summed E-state index contributed by atoms with van der Waals surface area (Å²) >= 11 is 10.6. The maximum Gasteiger partial charge on any atom is 0.229 e. The van der Waals surface area contributed by atoms with E-state index in [4.69, 9.17) is 29.6 Å². The average molecular weight is 298 g/mol. The SMILES string of the molecule is NC(=S)CC(=O)N1CCN(c2ccc(Cl)cc2)CC1. The standard InChI is InChI=1S/C13H16ClN3OS/c14-10-1-3-11(4-2-10)16-5-7-17(8-6-16)13(18)9-12(15)19/h1-4H,5-9H2,(H2,15,19). The smallest absolute Gasteiger partial charge is 0.229 e. The Morgan fingerprint density at radius 2 is 1.79 bits per heavy atom. The molecule has 1 aromatic carbocycles. The van der Waals surface area contributed by atoms with Crippen molar-refractivity contribution in [2.24, 2.45) is 5.73 Å². The fraction of sp³-hybridized carbons (Fsp3) is 0.385. The maximum absolute atomic E-state index is 11.8. The van der Waals surface area contributed by atoms with Gasteiger partial charge in [-0.15, -0.1) is 0 Å². The molecule has 6 heteroatoms. The van der Waals surface area contributed by atoms with Gasteiger partial charge in [-0.1, -0.05) is 23.8 Å². The number of hydrogen-bond donors (Lipinski definition) is 1. The van der Waals surface area contributed by atoms with Crippen LogP contribution in [0, 0.1) is 0 Å². The number of thiocarbonyl (C=S) groups is 1. The normalized spacial score (nSPS) is 15.4. The Labute approximate surface area is 123 Å². The maximum atomic E-state index is 11.8. The third kappa shape index (κ3) is 3.81. The summed E-state index contributed by atoms with van der Waals surface area (Å²) in [7, 11) is 0. The van der Waals surface area contributed by atoms with Crippen LogP contribution >= 0.6 is 23.8 Å². The van der Waals surface area contributed by atoms with Gasteiger partial charge in [0.25, 0.3) is 0 Å². The van der Waals surface area contributed by atoms with Gasteiger partial charge in [-0.05, 0) is 24.3 Å². The molecule has 0 aromatic heterocycles. The molecule has 1 saturated heterocycles. The third-order valence-electron chi connectivity index (χ3n) is 3.15. The predicted molar refractivity (Wildman–Crippen MR) is 81.6 cm³/mol. The first-order valence-electron chi connectivity index (χ1n) is 6.13. The van der Waals surface area contributed by atoms with E-state index < -0.39 is 0 Å². The van der Waals surface area contributed by atoms with Crippen molar-refractivity contribution in [2.75, 3.05) is 31.1 Å². The first-order valence-corrected chi connectivity index (χ1v) is 6.91. The minimum absolute atomic E-state index is 0.0169.